The summed E-state index contributed by atoms with van der Waals surface area (Å²) in [5.41, 5.74) is 0.457. The Hall–Kier alpha value is -1.60. The van der Waals surface area contributed by atoms with Gasteiger partial charge in [0.2, 0.25) is 0 Å². The van der Waals surface area contributed by atoms with E-state index in [1.54, 1.807) is 6.07 Å². The third-order valence-electron chi connectivity index (χ3n) is 3.94. The molecule has 0 amide bonds. The first-order valence-corrected chi connectivity index (χ1v) is 6.65. The average Bonchev–Trinajstić information content (AvgIpc) is 2.81. The number of nitriles is 1. The van der Waals surface area contributed by atoms with Gasteiger partial charge in [-0.1, -0.05) is 0 Å². The highest BCUT2D eigenvalue weighted by molar-refractivity contribution is 5.38. The summed E-state index contributed by atoms with van der Waals surface area (Å²) in [5, 5.41) is 9.42. The molecule has 0 spiro atoms. The molecule has 2 unspecified atom stereocenters. The minimum Gasteiger partial charge on any atom is -0.490 e. The fraction of sp³-hybridized carbons (Fsp3) is 0.533. The van der Waals surface area contributed by atoms with Crippen molar-refractivity contribution in [2.45, 2.75) is 31.8 Å². The van der Waals surface area contributed by atoms with E-state index in [1.165, 1.54) is 12.1 Å². The second-order valence-corrected chi connectivity index (χ2v) is 5.45. The largest absolute Gasteiger partial charge is 0.490 e. The number of rotatable bonds is 2. The van der Waals surface area contributed by atoms with Crippen LogP contribution in [0.5, 0.6) is 5.75 Å². The maximum Gasteiger partial charge on any atom is 0.123 e. The zero-order chi connectivity index (χ0) is 13.3. The molecule has 0 aliphatic carbocycles. The predicted molar refractivity (Wildman–Crippen MR) is 67.2 cm³/mol. The smallest absolute Gasteiger partial charge is 0.123 e. The van der Waals surface area contributed by atoms with Crippen LogP contribution in [0.25, 0.3) is 0 Å². The van der Waals surface area contributed by atoms with Gasteiger partial charge in [-0.05, 0) is 31.0 Å². The van der Waals surface area contributed by atoms with E-state index in [0.717, 1.165) is 30.8 Å². The fourth-order valence-corrected chi connectivity index (χ4v) is 2.99. The summed E-state index contributed by atoms with van der Waals surface area (Å²) < 4.78 is 24.4. The molecule has 2 heterocycles. The van der Waals surface area contributed by atoms with Gasteiger partial charge in [0, 0.05) is 25.0 Å². The summed E-state index contributed by atoms with van der Waals surface area (Å²) in [4.78, 5) is 0. The van der Waals surface area contributed by atoms with Crippen molar-refractivity contribution < 1.29 is 13.9 Å². The molecule has 0 bridgehead atoms. The maximum absolute atomic E-state index is 13.2. The molecule has 2 aliphatic rings. The lowest BCUT2D eigenvalue weighted by Crippen LogP contribution is -2.35. The summed E-state index contributed by atoms with van der Waals surface area (Å²) in [6.45, 7) is 1.22. The number of hydrogen-bond acceptors (Lipinski definition) is 3. The Labute approximate surface area is 111 Å². The van der Waals surface area contributed by atoms with Gasteiger partial charge in [0.05, 0.1) is 18.1 Å². The minimum atomic E-state index is -0.441. The molecule has 1 aromatic carbocycles. The van der Waals surface area contributed by atoms with E-state index in [2.05, 4.69) is 6.07 Å². The summed E-state index contributed by atoms with van der Waals surface area (Å²) in [6, 6.07) is 7.00. The zero-order valence-electron chi connectivity index (χ0n) is 10.7. The lowest BCUT2D eigenvalue weighted by atomic mass is 9.78. The fourth-order valence-electron chi connectivity index (χ4n) is 2.99. The van der Waals surface area contributed by atoms with Crippen molar-refractivity contribution in [2.75, 3.05) is 13.2 Å². The van der Waals surface area contributed by atoms with Gasteiger partial charge in [0.15, 0.2) is 0 Å². The van der Waals surface area contributed by atoms with Gasteiger partial charge in [0.25, 0.3) is 0 Å². The SMILES string of the molecule is N#CC1(CC2Cc3cc(F)ccc3O2)CCCOC1. The average molecular weight is 261 g/mol. The zero-order valence-corrected chi connectivity index (χ0v) is 10.7. The highest BCUT2D eigenvalue weighted by atomic mass is 19.1. The number of halogens is 1. The lowest BCUT2D eigenvalue weighted by molar-refractivity contribution is 0.00214. The van der Waals surface area contributed by atoms with Crippen molar-refractivity contribution in [2.24, 2.45) is 5.41 Å². The normalized spacial score (nSPS) is 29.4. The number of fused-ring (bicyclic) bond motifs is 1. The van der Waals surface area contributed by atoms with Gasteiger partial charge < -0.3 is 9.47 Å². The molecule has 0 aromatic heterocycles. The Morgan fingerprint density at radius 1 is 1.47 bits per heavy atom. The van der Waals surface area contributed by atoms with E-state index in [0.29, 0.717) is 19.4 Å². The predicted octanol–water partition coefficient (Wildman–Crippen LogP) is 2.84. The van der Waals surface area contributed by atoms with Crippen LogP contribution < -0.4 is 4.74 Å². The molecule has 1 fully saturated rings. The van der Waals surface area contributed by atoms with E-state index in [-0.39, 0.29) is 11.9 Å². The second-order valence-electron chi connectivity index (χ2n) is 5.45. The highest BCUT2D eigenvalue weighted by Gasteiger charge is 2.38. The van der Waals surface area contributed by atoms with Crippen LogP contribution in [-0.2, 0) is 11.2 Å². The molecule has 3 rings (SSSR count). The van der Waals surface area contributed by atoms with Crippen LogP contribution in [-0.4, -0.2) is 19.3 Å². The van der Waals surface area contributed by atoms with Crippen molar-refractivity contribution in [3.63, 3.8) is 0 Å². The first-order chi connectivity index (χ1) is 9.21. The van der Waals surface area contributed by atoms with Crippen LogP contribution in [0.3, 0.4) is 0 Å². The molecule has 3 nitrogen and oxygen atoms in total. The highest BCUT2D eigenvalue weighted by Crippen LogP contribution is 2.38. The molecule has 100 valence electrons. The van der Waals surface area contributed by atoms with Crippen molar-refractivity contribution >= 4 is 0 Å². The lowest BCUT2D eigenvalue weighted by Gasteiger charge is -2.32. The molecule has 2 atom stereocenters. The van der Waals surface area contributed by atoms with E-state index < -0.39 is 5.41 Å². The third-order valence-corrected chi connectivity index (χ3v) is 3.94. The van der Waals surface area contributed by atoms with E-state index >= 15 is 0 Å². The van der Waals surface area contributed by atoms with E-state index in [1.807, 2.05) is 0 Å². The standard InChI is InChI=1S/C15H16FNO2/c16-12-2-3-14-11(6-12)7-13(19-14)8-15(9-17)4-1-5-18-10-15/h2-3,6,13H,1,4-5,7-8,10H2. The Balaban J connectivity index is 1.71. The van der Waals surface area contributed by atoms with Crippen molar-refractivity contribution in [1.29, 1.82) is 5.26 Å². The molecular weight excluding hydrogens is 245 g/mol. The van der Waals surface area contributed by atoms with Gasteiger partial charge in [-0.15, -0.1) is 0 Å². The van der Waals surface area contributed by atoms with Gasteiger partial charge in [-0.3, -0.25) is 0 Å². The third kappa shape index (κ3) is 2.43. The quantitative estimate of drug-likeness (QED) is 0.822. The first-order valence-electron chi connectivity index (χ1n) is 6.65. The van der Waals surface area contributed by atoms with Crippen LogP contribution in [0.2, 0.25) is 0 Å². The van der Waals surface area contributed by atoms with Crippen LogP contribution >= 0.6 is 0 Å². The molecule has 19 heavy (non-hydrogen) atoms. The number of benzene rings is 1. The number of hydrogen-bond donors (Lipinski definition) is 0. The van der Waals surface area contributed by atoms with Crippen LogP contribution in [0.1, 0.15) is 24.8 Å². The molecule has 4 heteroatoms. The van der Waals surface area contributed by atoms with Gasteiger partial charge in [0.1, 0.15) is 17.7 Å². The Morgan fingerprint density at radius 2 is 2.37 bits per heavy atom. The molecule has 0 N–H and O–H groups in total. The number of ether oxygens (including phenoxy) is 2. The Kier molecular flexibility index (Phi) is 3.16. The summed E-state index contributed by atoms with van der Waals surface area (Å²) >= 11 is 0. The maximum atomic E-state index is 13.2. The van der Waals surface area contributed by atoms with Gasteiger partial charge in [-0.2, -0.15) is 5.26 Å². The van der Waals surface area contributed by atoms with Crippen LogP contribution in [0.15, 0.2) is 18.2 Å². The molecular formula is C15H16FNO2. The number of nitrogens with zero attached hydrogens (tertiary/aromatic N) is 1. The monoisotopic (exact) mass is 261 g/mol. The van der Waals surface area contributed by atoms with E-state index in [4.69, 9.17) is 9.47 Å². The Bertz CT molecular complexity index is 517. The van der Waals surface area contributed by atoms with E-state index in [9.17, 15) is 9.65 Å². The van der Waals surface area contributed by atoms with Crippen molar-refractivity contribution in [3.8, 4) is 11.8 Å². The molecule has 1 aromatic rings. The van der Waals surface area contributed by atoms with Crippen LogP contribution in [0.4, 0.5) is 4.39 Å². The van der Waals surface area contributed by atoms with Gasteiger partial charge >= 0.3 is 0 Å². The first kappa shape index (κ1) is 12.4. The summed E-state index contributed by atoms with van der Waals surface area (Å²) in [5.74, 6) is 0.509. The molecule has 0 radical (unpaired) electrons. The minimum absolute atomic E-state index is 0.0434. The van der Waals surface area contributed by atoms with Crippen LogP contribution in [0, 0.1) is 22.6 Å². The topological polar surface area (TPSA) is 42.2 Å². The van der Waals surface area contributed by atoms with Crippen molar-refractivity contribution in [3.05, 3.63) is 29.6 Å². The Morgan fingerprint density at radius 3 is 3.11 bits per heavy atom. The summed E-state index contributed by atoms with van der Waals surface area (Å²) in [6.07, 6.45) is 3.06. The molecule has 0 saturated carbocycles. The van der Waals surface area contributed by atoms with Crippen molar-refractivity contribution in [1.82, 2.24) is 0 Å². The van der Waals surface area contributed by atoms with Gasteiger partial charge in [-0.25, -0.2) is 4.39 Å². The second kappa shape index (κ2) is 4.82. The summed E-state index contributed by atoms with van der Waals surface area (Å²) in [7, 11) is 0. The molecule has 2 aliphatic heterocycles. The molecule has 1 saturated heterocycles.